The number of alkyl halides is 3. The van der Waals surface area contributed by atoms with Gasteiger partial charge in [-0.25, -0.2) is 32.5 Å². The van der Waals surface area contributed by atoms with Gasteiger partial charge in [-0.2, -0.15) is 13.2 Å². The van der Waals surface area contributed by atoms with Crippen molar-refractivity contribution in [2.24, 2.45) is 0 Å². The number of piperidine rings is 1. The van der Waals surface area contributed by atoms with E-state index in [9.17, 15) is 26.4 Å². The molecule has 3 aromatic rings. The zero-order valence-corrected chi connectivity index (χ0v) is 26.6. The summed E-state index contributed by atoms with van der Waals surface area (Å²) >= 11 is 0. The molecule has 240 valence electrons. The number of amides is 1. The van der Waals surface area contributed by atoms with Gasteiger partial charge in [0.1, 0.15) is 22.6 Å². The highest BCUT2D eigenvalue weighted by molar-refractivity contribution is 7.88. The Bertz CT molecular complexity index is 1610. The number of halogens is 3. The van der Waals surface area contributed by atoms with Crippen molar-refractivity contribution in [3.05, 3.63) is 53.6 Å². The van der Waals surface area contributed by atoms with Crippen LogP contribution in [0.5, 0.6) is 0 Å². The lowest BCUT2D eigenvalue weighted by molar-refractivity contribution is -0.137. The molecule has 1 saturated heterocycles. The van der Waals surface area contributed by atoms with Crippen LogP contribution in [0, 0.1) is 6.92 Å². The summed E-state index contributed by atoms with van der Waals surface area (Å²) in [6, 6.07) is 5.07. The molecular weight excluding hydrogens is 599 g/mol. The molecule has 15 heteroatoms. The first-order chi connectivity index (χ1) is 20.3. The Balaban J connectivity index is 1.57. The predicted octanol–water partition coefficient (Wildman–Crippen LogP) is 5.42. The smallest absolute Gasteiger partial charge is 0.420 e. The van der Waals surface area contributed by atoms with Crippen molar-refractivity contribution in [2.75, 3.05) is 31.7 Å². The molecule has 0 radical (unpaired) electrons. The minimum absolute atomic E-state index is 0.00369. The molecular formula is C29H38F3N7O4S. The number of hydrogen-bond donors (Lipinski definition) is 1. The SMILES string of the molecule is Cc1cc(C(C)N(C)C(=O)OC(C)(C)C)ccc1-n1cnc(-c2nc(NC3CCN(S(C)(=O)=O)CC3)ncc2C(F)(F)F)c1. The van der Waals surface area contributed by atoms with Crippen molar-refractivity contribution in [3.63, 3.8) is 0 Å². The lowest BCUT2D eigenvalue weighted by atomic mass is 10.0. The Labute approximate surface area is 255 Å². The van der Waals surface area contributed by atoms with E-state index in [4.69, 9.17) is 4.74 Å². The van der Waals surface area contributed by atoms with Gasteiger partial charge in [-0.15, -0.1) is 0 Å². The third-order valence-corrected chi connectivity index (χ3v) is 8.72. The first-order valence-electron chi connectivity index (χ1n) is 14.1. The van der Waals surface area contributed by atoms with E-state index < -0.39 is 33.5 Å². The third-order valence-electron chi connectivity index (χ3n) is 7.42. The summed E-state index contributed by atoms with van der Waals surface area (Å²) in [5, 5.41) is 3.05. The maximum Gasteiger partial charge on any atom is 0.420 e. The van der Waals surface area contributed by atoms with E-state index in [1.54, 1.807) is 32.4 Å². The largest absolute Gasteiger partial charge is 0.444 e. The number of anilines is 1. The number of imidazole rings is 1. The second-order valence-corrected chi connectivity index (χ2v) is 14.0. The standard InChI is InChI=1S/C29H38F3N7O4S/c1-18-14-20(19(2)37(6)27(40)43-28(3,4)5)8-9-24(18)38-16-23(34-17-38)25-22(29(30,31)32)15-33-26(36-25)35-21-10-12-39(13-11-21)44(7,41)42/h8-9,14-17,19,21H,10-13H2,1-7H3,(H,33,35,36). The monoisotopic (exact) mass is 637 g/mol. The Kier molecular flexibility index (Phi) is 9.31. The van der Waals surface area contributed by atoms with Crippen LogP contribution in [0.3, 0.4) is 0 Å². The number of aromatic nitrogens is 4. The van der Waals surface area contributed by atoms with E-state index in [2.05, 4.69) is 20.3 Å². The molecule has 44 heavy (non-hydrogen) atoms. The fourth-order valence-corrected chi connectivity index (χ4v) is 5.76. The second kappa shape index (κ2) is 12.3. The van der Waals surface area contributed by atoms with Gasteiger partial charge >= 0.3 is 12.3 Å². The topological polar surface area (TPSA) is 123 Å². The van der Waals surface area contributed by atoms with Crippen molar-refractivity contribution in [3.8, 4) is 17.1 Å². The van der Waals surface area contributed by atoms with Gasteiger partial charge in [-0.3, -0.25) is 0 Å². The Morgan fingerprint density at radius 2 is 1.82 bits per heavy atom. The highest BCUT2D eigenvalue weighted by Gasteiger charge is 2.36. The molecule has 2 aromatic heterocycles. The number of hydrogen-bond acceptors (Lipinski definition) is 8. The van der Waals surface area contributed by atoms with Crippen LogP contribution in [0.15, 0.2) is 36.9 Å². The van der Waals surface area contributed by atoms with Crippen LogP contribution in [-0.2, 0) is 20.9 Å². The number of aryl methyl sites for hydroxylation is 1. The number of benzene rings is 1. The minimum Gasteiger partial charge on any atom is -0.444 e. The van der Waals surface area contributed by atoms with Gasteiger partial charge in [0.25, 0.3) is 0 Å². The van der Waals surface area contributed by atoms with Gasteiger partial charge in [0.15, 0.2) is 0 Å². The van der Waals surface area contributed by atoms with E-state index in [0.29, 0.717) is 31.6 Å². The summed E-state index contributed by atoms with van der Waals surface area (Å²) in [5.41, 5.74) is 0.351. The molecule has 1 unspecified atom stereocenters. The normalized spacial score (nSPS) is 16.0. The molecule has 0 spiro atoms. The zero-order chi connectivity index (χ0) is 32.6. The van der Waals surface area contributed by atoms with Crippen molar-refractivity contribution < 1.29 is 31.1 Å². The van der Waals surface area contributed by atoms with Gasteiger partial charge in [0.2, 0.25) is 16.0 Å². The summed E-state index contributed by atoms with van der Waals surface area (Å²) in [5.74, 6) is 0.00369. The fourth-order valence-electron chi connectivity index (χ4n) is 4.89. The third kappa shape index (κ3) is 7.86. The first-order valence-corrected chi connectivity index (χ1v) is 16.0. The molecule has 0 aliphatic carbocycles. The number of ether oxygens (including phenoxy) is 1. The number of sulfonamides is 1. The molecule has 1 fully saturated rings. The zero-order valence-electron chi connectivity index (χ0n) is 25.8. The van der Waals surface area contributed by atoms with Crippen LogP contribution in [0.2, 0.25) is 0 Å². The van der Waals surface area contributed by atoms with Crippen LogP contribution in [0.4, 0.5) is 23.9 Å². The van der Waals surface area contributed by atoms with Crippen molar-refractivity contribution in [1.29, 1.82) is 0 Å². The molecule has 1 aliphatic heterocycles. The lowest BCUT2D eigenvalue weighted by Crippen LogP contribution is -2.42. The first kappa shape index (κ1) is 33.2. The van der Waals surface area contributed by atoms with E-state index in [1.807, 2.05) is 32.0 Å². The van der Waals surface area contributed by atoms with Crippen LogP contribution in [0.25, 0.3) is 17.1 Å². The maximum absolute atomic E-state index is 14.0. The van der Waals surface area contributed by atoms with E-state index >= 15 is 0 Å². The second-order valence-electron chi connectivity index (χ2n) is 12.0. The summed E-state index contributed by atoms with van der Waals surface area (Å²) < 4.78 is 74.0. The molecule has 1 aromatic carbocycles. The Hall–Kier alpha value is -3.72. The van der Waals surface area contributed by atoms with Crippen molar-refractivity contribution in [1.82, 2.24) is 28.7 Å². The molecule has 1 amide bonds. The number of carbonyl (C=O) groups is 1. The van der Waals surface area contributed by atoms with Gasteiger partial charge in [0, 0.05) is 44.3 Å². The Morgan fingerprint density at radius 3 is 2.39 bits per heavy atom. The van der Waals surface area contributed by atoms with E-state index in [-0.39, 0.29) is 29.4 Å². The van der Waals surface area contributed by atoms with E-state index in [1.165, 1.54) is 21.7 Å². The van der Waals surface area contributed by atoms with Crippen LogP contribution >= 0.6 is 0 Å². The van der Waals surface area contributed by atoms with Gasteiger partial charge in [-0.1, -0.05) is 12.1 Å². The van der Waals surface area contributed by atoms with Gasteiger partial charge < -0.3 is 19.5 Å². The highest BCUT2D eigenvalue weighted by atomic mass is 32.2. The minimum atomic E-state index is -4.72. The summed E-state index contributed by atoms with van der Waals surface area (Å²) in [6.45, 7) is 9.72. The number of carbonyl (C=O) groups excluding carboxylic acids is 1. The molecule has 1 aliphatic rings. The molecule has 4 rings (SSSR count). The predicted molar refractivity (Wildman–Crippen MR) is 160 cm³/mol. The number of rotatable bonds is 7. The maximum atomic E-state index is 14.0. The molecule has 11 nitrogen and oxygen atoms in total. The molecule has 1 atom stereocenters. The average Bonchev–Trinajstić information content (AvgIpc) is 3.40. The molecule has 0 saturated carbocycles. The highest BCUT2D eigenvalue weighted by Crippen LogP contribution is 2.36. The molecule has 0 bridgehead atoms. The summed E-state index contributed by atoms with van der Waals surface area (Å²) in [7, 11) is -1.65. The summed E-state index contributed by atoms with van der Waals surface area (Å²) in [6.07, 6.45) is 0.529. The average molecular weight is 638 g/mol. The van der Waals surface area contributed by atoms with Crippen LogP contribution < -0.4 is 5.32 Å². The van der Waals surface area contributed by atoms with Crippen molar-refractivity contribution >= 4 is 22.1 Å². The molecule has 1 N–H and O–H groups in total. The van der Waals surface area contributed by atoms with Gasteiger partial charge in [0.05, 0.1) is 18.6 Å². The van der Waals surface area contributed by atoms with Gasteiger partial charge in [-0.05, 0) is 64.7 Å². The van der Waals surface area contributed by atoms with Crippen LogP contribution in [-0.4, -0.2) is 81.3 Å². The quantitative estimate of drug-likeness (QED) is 0.365. The van der Waals surface area contributed by atoms with Crippen LogP contribution in [0.1, 0.15) is 63.3 Å². The fraction of sp³-hybridized carbons (Fsp3) is 0.517. The van der Waals surface area contributed by atoms with E-state index in [0.717, 1.165) is 23.6 Å². The lowest BCUT2D eigenvalue weighted by Gasteiger charge is -2.30. The Morgan fingerprint density at radius 1 is 1.16 bits per heavy atom. The number of nitrogens with one attached hydrogen (secondary N) is 1. The summed E-state index contributed by atoms with van der Waals surface area (Å²) in [4.78, 5) is 26.4. The van der Waals surface area contributed by atoms with Crippen molar-refractivity contribution in [2.45, 2.75) is 71.3 Å². The molecule has 3 heterocycles. The number of nitrogens with zero attached hydrogens (tertiary/aromatic N) is 6.